The Labute approximate surface area is 174 Å². The number of amides is 1. The normalized spacial score (nSPS) is 19.2. The van der Waals surface area contributed by atoms with Crippen LogP contribution in [0.4, 0.5) is 17.6 Å². The zero-order valence-electron chi connectivity index (χ0n) is 14.3. The molecule has 0 bridgehead atoms. The van der Waals surface area contributed by atoms with Crippen LogP contribution in [-0.2, 0) is 6.73 Å². The molecule has 0 aliphatic carbocycles. The molecule has 2 heterocycles. The van der Waals surface area contributed by atoms with Crippen molar-refractivity contribution in [1.29, 1.82) is 0 Å². The predicted molar refractivity (Wildman–Crippen MR) is 97.2 cm³/mol. The average Bonchev–Trinajstić information content (AvgIpc) is 3.26. The van der Waals surface area contributed by atoms with Crippen LogP contribution in [0.1, 0.15) is 16.9 Å². The summed E-state index contributed by atoms with van der Waals surface area (Å²) in [7, 11) is 0. The van der Waals surface area contributed by atoms with Crippen LogP contribution in [0.5, 0.6) is 5.75 Å². The van der Waals surface area contributed by atoms with Gasteiger partial charge >= 0.3 is 0 Å². The van der Waals surface area contributed by atoms with Gasteiger partial charge in [-0.1, -0.05) is 11.6 Å². The summed E-state index contributed by atoms with van der Waals surface area (Å²) in [6.07, 6.45) is -6.56. The third-order valence-corrected chi connectivity index (χ3v) is 4.79. The summed E-state index contributed by atoms with van der Waals surface area (Å²) in [5.41, 5.74) is -4.57. The van der Waals surface area contributed by atoms with Crippen LogP contribution >= 0.6 is 27.5 Å². The lowest BCUT2D eigenvalue weighted by Crippen LogP contribution is -2.51. The van der Waals surface area contributed by atoms with E-state index < -0.39 is 36.6 Å². The second kappa shape index (κ2) is 8.28. The van der Waals surface area contributed by atoms with Gasteiger partial charge in [0.1, 0.15) is 11.5 Å². The minimum atomic E-state index is -3.51. The molecule has 0 saturated heterocycles. The molecule has 3 rings (SSSR count). The zero-order valence-corrected chi connectivity index (χ0v) is 16.6. The molecule has 1 N–H and O–H groups in total. The van der Waals surface area contributed by atoms with Gasteiger partial charge in [-0.25, -0.2) is 22.2 Å². The van der Waals surface area contributed by atoms with Crippen molar-refractivity contribution in [3.63, 3.8) is 0 Å². The first-order valence-electron chi connectivity index (χ1n) is 7.93. The van der Waals surface area contributed by atoms with Gasteiger partial charge in [-0.15, -0.1) is 0 Å². The number of aromatic nitrogens is 2. The van der Waals surface area contributed by atoms with Gasteiger partial charge in [0.15, 0.2) is 12.4 Å². The van der Waals surface area contributed by atoms with E-state index in [2.05, 4.69) is 26.1 Å². The summed E-state index contributed by atoms with van der Waals surface area (Å²) in [5, 5.41) is 17.5. The van der Waals surface area contributed by atoms with E-state index in [9.17, 15) is 27.5 Å². The Balaban J connectivity index is 1.75. The van der Waals surface area contributed by atoms with Gasteiger partial charge in [-0.3, -0.25) is 4.79 Å². The zero-order chi connectivity index (χ0) is 21.3. The van der Waals surface area contributed by atoms with E-state index in [1.165, 1.54) is 10.9 Å². The Hall–Kier alpha value is -2.18. The summed E-state index contributed by atoms with van der Waals surface area (Å²) in [6.45, 7) is -0.155. The van der Waals surface area contributed by atoms with Gasteiger partial charge in [-0.05, 0) is 40.2 Å². The third kappa shape index (κ3) is 4.38. The summed E-state index contributed by atoms with van der Waals surface area (Å²) >= 11 is 9.10. The molecule has 7 nitrogen and oxygen atoms in total. The van der Waals surface area contributed by atoms with Gasteiger partial charge in [0.2, 0.25) is 5.72 Å². The molecular weight excluding hydrogens is 488 g/mol. The lowest BCUT2D eigenvalue weighted by Gasteiger charge is -2.29. The van der Waals surface area contributed by atoms with E-state index in [-0.39, 0.29) is 17.4 Å². The topological polar surface area (TPSA) is 80.0 Å². The highest BCUT2D eigenvalue weighted by atomic mass is 79.9. The molecule has 0 unspecified atom stereocenters. The van der Waals surface area contributed by atoms with Crippen molar-refractivity contribution in [2.45, 2.75) is 31.7 Å². The highest BCUT2D eigenvalue weighted by molar-refractivity contribution is 9.10. The molecule has 2 aromatic rings. The smallest absolute Gasteiger partial charge is 0.297 e. The number of halogens is 6. The number of ether oxygens (including phenoxy) is 1. The van der Waals surface area contributed by atoms with Crippen LogP contribution in [0.2, 0.25) is 5.02 Å². The van der Waals surface area contributed by atoms with Gasteiger partial charge in [0.05, 0.1) is 4.47 Å². The molecule has 1 aromatic heterocycles. The predicted octanol–water partition coefficient (Wildman–Crippen LogP) is 3.76. The number of carbonyl (C=O) groups is 1. The summed E-state index contributed by atoms with van der Waals surface area (Å²) in [4.78, 5) is 12.5. The number of benzene rings is 1. The van der Waals surface area contributed by atoms with Crippen molar-refractivity contribution >= 4 is 39.1 Å². The van der Waals surface area contributed by atoms with Gasteiger partial charge in [-0.2, -0.15) is 15.2 Å². The fourth-order valence-corrected chi connectivity index (χ4v) is 3.28. The molecule has 1 aromatic carbocycles. The van der Waals surface area contributed by atoms with Crippen molar-refractivity contribution in [3.8, 4) is 5.75 Å². The fourth-order valence-electron chi connectivity index (χ4n) is 2.49. The first kappa shape index (κ1) is 21.5. The lowest BCUT2D eigenvalue weighted by molar-refractivity contribution is -0.164. The number of hydrogen-bond acceptors (Lipinski definition) is 5. The number of hydrazone groups is 1. The quantitative estimate of drug-likeness (QED) is 0.614. The first-order valence-corrected chi connectivity index (χ1v) is 9.11. The number of alkyl halides is 4. The summed E-state index contributed by atoms with van der Waals surface area (Å²) < 4.78 is 59.4. The molecule has 29 heavy (non-hydrogen) atoms. The molecule has 1 atom stereocenters. The third-order valence-electron chi connectivity index (χ3n) is 3.94. The van der Waals surface area contributed by atoms with Crippen LogP contribution in [0, 0.1) is 0 Å². The van der Waals surface area contributed by atoms with E-state index in [0.717, 1.165) is 6.07 Å². The number of rotatable bonds is 6. The Morgan fingerprint density at radius 3 is 2.69 bits per heavy atom. The Morgan fingerprint density at radius 1 is 1.34 bits per heavy atom. The van der Waals surface area contributed by atoms with Crippen molar-refractivity contribution in [2.24, 2.45) is 5.10 Å². The molecule has 0 fully saturated rings. The second-order valence-corrected chi connectivity index (χ2v) is 7.24. The van der Waals surface area contributed by atoms with Crippen molar-refractivity contribution in [1.82, 2.24) is 14.8 Å². The number of carbonyl (C=O) groups excluding carboxylic acids is 1. The highest BCUT2D eigenvalue weighted by Crippen LogP contribution is 2.34. The number of hydrogen-bond donors (Lipinski definition) is 1. The molecule has 156 valence electrons. The summed E-state index contributed by atoms with van der Waals surface area (Å²) in [6, 6.07) is 5.95. The Morgan fingerprint density at radius 2 is 2.07 bits per heavy atom. The van der Waals surface area contributed by atoms with Gasteiger partial charge in [0.25, 0.3) is 18.8 Å². The van der Waals surface area contributed by atoms with E-state index in [4.69, 9.17) is 16.3 Å². The molecule has 1 aliphatic rings. The van der Waals surface area contributed by atoms with Gasteiger partial charge in [0, 0.05) is 17.6 Å². The largest absolute Gasteiger partial charge is 0.470 e. The minimum Gasteiger partial charge on any atom is -0.470 e. The molecule has 0 spiro atoms. The van der Waals surface area contributed by atoms with Crippen LogP contribution < -0.4 is 4.74 Å². The molecule has 1 amide bonds. The van der Waals surface area contributed by atoms with E-state index in [1.54, 1.807) is 18.2 Å². The maximum absolute atomic E-state index is 13.2. The molecule has 13 heteroatoms. The van der Waals surface area contributed by atoms with Crippen LogP contribution in [0.15, 0.2) is 40.0 Å². The monoisotopic (exact) mass is 498 g/mol. The van der Waals surface area contributed by atoms with E-state index >= 15 is 0 Å². The second-order valence-electron chi connectivity index (χ2n) is 5.95. The van der Waals surface area contributed by atoms with Crippen molar-refractivity contribution in [3.05, 3.63) is 45.7 Å². The molecule has 0 radical (unpaired) electrons. The van der Waals surface area contributed by atoms with Crippen molar-refractivity contribution < 1.29 is 32.2 Å². The Kier molecular flexibility index (Phi) is 6.15. The number of aliphatic hydroxyl groups is 1. The van der Waals surface area contributed by atoms with E-state index in [0.29, 0.717) is 15.2 Å². The molecule has 0 saturated carbocycles. The number of nitrogens with zero attached hydrogens (tertiary/aromatic N) is 4. The SMILES string of the molecule is O=C(c1ccn(COc2ccc(Cl)cc2Br)n1)N1N=C(C(F)F)C[C@@]1(O)C(F)F. The minimum absolute atomic E-state index is 0.0531. The standard InChI is InChI=1S/C16H12BrClF4N4O3/c17-9-5-8(18)1-2-12(9)29-7-25-4-3-10(23-25)14(27)26-16(28,15(21)22)6-11(24-26)13(19)20/h1-5,13,15,28H,6-7H2/t16-/m1/s1. The highest BCUT2D eigenvalue weighted by Gasteiger charge is 2.53. The van der Waals surface area contributed by atoms with Crippen LogP contribution in [0.25, 0.3) is 0 Å². The average molecular weight is 500 g/mol. The summed E-state index contributed by atoms with van der Waals surface area (Å²) in [5.74, 6) is -0.828. The van der Waals surface area contributed by atoms with Gasteiger partial charge < -0.3 is 9.84 Å². The lowest BCUT2D eigenvalue weighted by atomic mass is 10.1. The Bertz CT molecular complexity index is 958. The van der Waals surface area contributed by atoms with Crippen molar-refractivity contribution in [2.75, 3.05) is 0 Å². The fraction of sp³-hybridized carbons (Fsp3) is 0.312. The first-order chi connectivity index (χ1) is 13.6. The van der Waals surface area contributed by atoms with Crippen LogP contribution in [0.3, 0.4) is 0 Å². The van der Waals surface area contributed by atoms with E-state index in [1.807, 2.05) is 0 Å². The maximum Gasteiger partial charge on any atom is 0.297 e. The molecular formula is C16H12BrClF4N4O3. The maximum atomic E-state index is 13.2. The van der Waals surface area contributed by atoms with Crippen LogP contribution in [-0.4, -0.2) is 50.1 Å². The molecule has 1 aliphatic heterocycles.